The molecule has 0 fully saturated rings. The number of carbonyl (C=O) groups is 1. The van der Waals surface area contributed by atoms with Gasteiger partial charge >= 0.3 is 0 Å². The van der Waals surface area contributed by atoms with Crippen molar-refractivity contribution in [3.8, 4) is 11.3 Å². The second kappa shape index (κ2) is 5.87. The number of hydrogen-bond acceptors (Lipinski definition) is 4. The fraction of sp³-hybridized carbons (Fsp3) is 0.278. The number of amides is 1. The predicted octanol–water partition coefficient (Wildman–Crippen LogP) is 3.26. The molecule has 0 saturated heterocycles. The fourth-order valence-electron chi connectivity index (χ4n) is 2.38. The Balaban J connectivity index is 2.14. The van der Waals surface area contributed by atoms with Crippen LogP contribution in [-0.2, 0) is 0 Å². The highest BCUT2D eigenvalue weighted by atomic mass is 32.1. The molecule has 3 aromatic rings. The molecule has 0 radical (unpaired) electrons. The van der Waals surface area contributed by atoms with Crippen LogP contribution in [-0.4, -0.2) is 20.8 Å². The van der Waals surface area contributed by atoms with Crippen LogP contribution in [0.4, 0.5) is 0 Å². The van der Waals surface area contributed by atoms with Crippen molar-refractivity contribution in [1.29, 1.82) is 0 Å². The van der Waals surface area contributed by atoms with Crippen molar-refractivity contribution >= 4 is 22.2 Å². The minimum absolute atomic E-state index is 0.0502. The number of rotatable bonds is 2. The van der Waals surface area contributed by atoms with Crippen LogP contribution < -0.4 is 10.9 Å². The number of thiazole rings is 1. The molecule has 124 valence electrons. The number of nitrogens with zero attached hydrogens (tertiary/aromatic N) is 2. The molecule has 6 heteroatoms. The Morgan fingerprint density at radius 3 is 2.50 bits per heavy atom. The summed E-state index contributed by atoms with van der Waals surface area (Å²) in [4.78, 5) is 30.1. The van der Waals surface area contributed by atoms with Gasteiger partial charge in [-0.3, -0.25) is 14.0 Å². The molecule has 24 heavy (non-hydrogen) atoms. The number of fused-ring (bicyclic) bond motifs is 1. The Bertz CT molecular complexity index is 963. The van der Waals surface area contributed by atoms with Gasteiger partial charge in [-0.2, -0.15) is 0 Å². The second-order valence-corrected chi connectivity index (χ2v) is 7.62. The molecule has 0 atom stereocenters. The lowest BCUT2D eigenvalue weighted by molar-refractivity contribution is 0.0917. The zero-order chi connectivity index (χ0) is 17.5. The first kappa shape index (κ1) is 16.4. The summed E-state index contributed by atoms with van der Waals surface area (Å²) >= 11 is 1.38. The van der Waals surface area contributed by atoms with Crippen molar-refractivity contribution in [2.75, 3.05) is 0 Å². The Morgan fingerprint density at radius 2 is 1.88 bits per heavy atom. The van der Waals surface area contributed by atoms with Gasteiger partial charge in [0.2, 0.25) is 0 Å². The van der Waals surface area contributed by atoms with Gasteiger partial charge in [0.1, 0.15) is 5.56 Å². The lowest BCUT2D eigenvalue weighted by Crippen LogP contribution is -2.43. The number of hydrogen-bond donors (Lipinski definition) is 1. The van der Waals surface area contributed by atoms with Crippen LogP contribution in [0.2, 0.25) is 0 Å². The molecule has 0 aliphatic heterocycles. The van der Waals surface area contributed by atoms with Gasteiger partial charge in [-0.15, -0.1) is 11.3 Å². The highest BCUT2D eigenvalue weighted by molar-refractivity contribution is 7.15. The SMILES string of the molecule is Cc1ccc(-c2csc3ncc(C(=O)NC(C)(C)C)c(=O)n23)cc1. The monoisotopic (exact) mass is 341 g/mol. The van der Waals surface area contributed by atoms with Crippen LogP contribution >= 0.6 is 11.3 Å². The molecule has 0 spiro atoms. The minimum Gasteiger partial charge on any atom is -0.347 e. The Kier molecular flexibility index (Phi) is 4.01. The maximum Gasteiger partial charge on any atom is 0.271 e. The molecule has 2 aromatic heterocycles. The van der Waals surface area contributed by atoms with E-state index < -0.39 is 11.4 Å². The van der Waals surface area contributed by atoms with E-state index in [-0.39, 0.29) is 11.1 Å². The Hall–Kier alpha value is -2.47. The summed E-state index contributed by atoms with van der Waals surface area (Å²) in [6, 6.07) is 7.91. The lowest BCUT2D eigenvalue weighted by atomic mass is 10.1. The van der Waals surface area contributed by atoms with E-state index in [1.54, 1.807) is 0 Å². The first-order valence-corrected chi connectivity index (χ1v) is 8.53. The van der Waals surface area contributed by atoms with Crippen LogP contribution in [0.15, 0.2) is 40.6 Å². The standard InChI is InChI=1S/C18H19N3O2S/c1-11-5-7-12(8-6-11)14-10-24-17-19-9-13(16(23)21(14)17)15(22)20-18(2,3)4/h5-10H,1-4H3,(H,20,22). The topological polar surface area (TPSA) is 63.5 Å². The Morgan fingerprint density at radius 1 is 1.21 bits per heavy atom. The zero-order valence-electron chi connectivity index (χ0n) is 14.1. The largest absolute Gasteiger partial charge is 0.347 e. The molecule has 3 rings (SSSR count). The van der Waals surface area contributed by atoms with E-state index >= 15 is 0 Å². The summed E-state index contributed by atoms with van der Waals surface area (Å²) in [5.41, 5.74) is 2.10. The van der Waals surface area contributed by atoms with Crippen LogP contribution in [0.5, 0.6) is 0 Å². The molecule has 5 nitrogen and oxygen atoms in total. The van der Waals surface area contributed by atoms with Crippen molar-refractivity contribution in [3.05, 3.63) is 57.3 Å². The molecular formula is C18H19N3O2S. The molecule has 0 unspecified atom stereocenters. The van der Waals surface area contributed by atoms with Crippen molar-refractivity contribution in [2.45, 2.75) is 33.2 Å². The Labute approximate surface area is 144 Å². The highest BCUT2D eigenvalue weighted by Crippen LogP contribution is 2.24. The predicted molar refractivity (Wildman–Crippen MR) is 96.7 cm³/mol. The molecule has 1 N–H and O–H groups in total. The third kappa shape index (κ3) is 3.10. The summed E-state index contributed by atoms with van der Waals surface area (Å²) in [5.74, 6) is -0.407. The summed E-state index contributed by atoms with van der Waals surface area (Å²) < 4.78 is 1.51. The van der Waals surface area contributed by atoms with E-state index in [2.05, 4.69) is 10.3 Å². The molecule has 0 saturated carbocycles. The molecule has 1 aromatic carbocycles. The molecular weight excluding hydrogens is 322 g/mol. The fourth-order valence-corrected chi connectivity index (χ4v) is 3.24. The maximum absolute atomic E-state index is 12.8. The maximum atomic E-state index is 12.8. The zero-order valence-corrected chi connectivity index (χ0v) is 14.9. The van der Waals surface area contributed by atoms with Gasteiger partial charge in [0.15, 0.2) is 4.96 Å². The number of aryl methyl sites for hydroxylation is 1. The van der Waals surface area contributed by atoms with E-state index in [1.807, 2.05) is 57.3 Å². The average Bonchev–Trinajstić information content (AvgIpc) is 2.91. The summed E-state index contributed by atoms with van der Waals surface area (Å²) in [6.07, 6.45) is 1.36. The van der Waals surface area contributed by atoms with E-state index in [0.29, 0.717) is 4.96 Å². The van der Waals surface area contributed by atoms with E-state index in [1.165, 1.54) is 21.9 Å². The van der Waals surface area contributed by atoms with Crippen molar-refractivity contribution in [2.24, 2.45) is 0 Å². The average molecular weight is 341 g/mol. The van der Waals surface area contributed by atoms with Gasteiger partial charge in [0.05, 0.1) is 5.69 Å². The summed E-state index contributed by atoms with van der Waals surface area (Å²) in [5, 5.41) is 4.70. The van der Waals surface area contributed by atoms with Gasteiger partial charge in [-0.25, -0.2) is 4.98 Å². The van der Waals surface area contributed by atoms with Gasteiger partial charge in [-0.05, 0) is 33.3 Å². The molecule has 1 amide bonds. The van der Waals surface area contributed by atoms with E-state index in [9.17, 15) is 9.59 Å². The summed E-state index contributed by atoms with van der Waals surface area (Å²) in [6.45, 7) is 7.63. The van der Waals surface area contributed by atoms with Crippen molar-refractivity contribution < 1.29 is 4.79 Å². The van der Waals surface area contributed by atoms with Crippen LogP contribution in [0, 0.1) is 6.92 Å². The van der Waals surface area contributed by atoms with E-state index in [0.717, 1.165) is 16.8 Å². The second-order valence-electron chi connectivity index (χ2n) is 6.79. The minimum atomic E-state index is -0.419. The number of nitrogens with one attached hydrogen (secondary N) is 1. The summed E-state index contributed by atoms with van der Waals surface area (Å²) in [7, 11) is 0. The number of benzene rings is 1. The van der Waals surface area contributed by atoms with E-state index in [4.69, 9.17) is 0 Å². The van der Waals surface area contributed by atoms with Crippen LogP contribution in [0.1, 0.15) is 36.7 Å². The first-order valence-electron chi connectivity index (χ1n) is 7.65. The van der Waals surface area contributed by atoms with Crippen molar-refractivity contribution in [1.82, 2.24) is 14.7 Å². The highest BCUT2D eigenvalue weighted by Gasteiger charge is 2.20. The van der Waals surface area contributed by atoms with Gasteiger partial charge in [0, 0.05) is 17.1 Å². The first-order chi connectivity index (χ1) is 11.3. The van der Waals surface area contributed by atoms with Gasteiger partial charge in [0.25, 0.3) is 11.5 Å². The molecule has 0 aliphatic carbocycles. The third-order valence-electron chi connectivity index (χ3n) is 3.53. The molecule has 2 heterocycles. The third-order valence-corrected chi connectivity index (χ3v) is 4.37. The lowest BCUT2D eigenvalue weighted by Gasteiger charge is -2.20. The van der Waals surface area contributed by atoms with Crippen LogP contribution in [0.25, 0.3) is 16.2 Å². The van der Waals surface area contributed by atoms with Gasteiger partial charge in [-0.1, -0.05) is 29.8 Å². The number of carbonyl (C=O) groups excluding carboxylic acids is 1. The van der Waals surface area contributed by atoms with Crippen molar-refractivity contribution in [3.63, 3.8) is 0 Å². The smallest absolute Gasteiger partial charge is 0.271 e. The van der Waals surface area contributed by atoms with Gasteiger partial charge < -0.3 is 5.32 Å². The number of aromatic nitrogens is 2. The normalized spacial score (nSPS) is 11.7. The van der Waals surface area contributed by atoms with Crippen LogP contribution in [0.3, 0.4) is 0 Å². The quantitative estimate of drug-likeness (QED) is 0.778. The molecule has 0 aliphatic rings. The molecule has 0 bridgehead atoms.